The van der Waals surface area contributed by atoms with Gasteiger partial charge in [0.05, 0.1) is 21.0 Å². The molecule has 162 valence electrons. The van der Waals surface area contributed by atoms with Gasteiger partial charge in [0.2, 0.25) is 0 Å². The molecule has 0 aliphatic carbocycles. The second-order valence-electron chi connectivity index (χ2n) is 7.01. The van der Waals surface area contributed by atoms with Crippen LogP contribution >= 0.6 is 11.3 Å². The van der Waals surface area contributed by atoms with Crippen molar-refractivity contribution >= 4 is 38.0 Å². The van der Waals surface area contributed by atoms with Gasteiger partial charge in [-0.15, -0.1) is 0 Å². The molecule has 0 aliphatic rings. The molecule has 0 atom stereocenters. The van der Waals surface area contributed by atoms with E-state index in [9.17, 15) is 22.7 Å². The Hall–Kier alpha value is -3.56. The molecule has 0 saturated carbocycles. The van der Waals surface area contributed by atoms with E-state index in [1.54, 1.807) is 36.4 Å². The summed E-state index contributed by atoms with van der Waals surface area (Å²) in [5.41, 5.74) is 2.74. The summed E-state index contributed by atoms with van der Waals surface area (Å²) in [6.45, 7) is 0. The molecule has 1 heterocycles. The van der Waals surface area contributed by atoms with Crippen molar-refractivity contribution in [1.82, 2.24) is 4.98 Å². The van der Waals surface area contributed by atoms with Crippen LogP contribution < -0.4 is 5.32 Å². The molecular formula is C23H17FN2O4S2. The highest BCUT2D eigenvalue weighted by Gasteiger charge is 2.17. The number of nitrogens with one attached hydrogen (secondary N) is 1. The van der Waals surface area contributed by atoms with Gasteiger partial charge in [-0.25, -0.2) is 22.6 Å². The van der Waals surface area contributed by atoms with Gasteiger partial charge in [0.15, 0.2) is 15.0 Å². The lowest BCUT2D eigenvalue weighted by molar-refractivity contribution is 0.0697. The fourth-order valence-electron chi connectivity index (χ4n) is 3.08. The van der Waals surface area contributed by atoms with Crippen molar-refractivity contribution < 1.29 is 22.7 Å². The molecule has 0 radical (unpaired) electrons. The summed E-state index contributed by atoms with van der Waals surface area (Å²) in [6, 6.07) is 18.7. The molecular weight excluding hydrogens is 451 g/mol. The quantitative estimate of drug-likeness (QED) is 0.390. The van der Waals surface area contributed by atoms with Gasteiger partial charge in [-0.05, 0) is 60.2 Å². The van der Waals surface area contributed by atoms with E-state index in [0.717, 1.165) is 16.7 Å². The third kappa shape index (κ3) is 4.68. The summed E-state index contributed by atoms with van der Waals surface area (Å²) in [4.78, 5) is 16.9. The Kier molecular flexibility index (Phi) is 5.77. The van der Waals surface area contributed by atoms with E-state index in [-0.39, 0.29) is 16.3 Å². The third-order valence-electron chi connectivity index (χ3n) is 4.65. The molecule has 1 aromatic heterocycles. The lowest BCUT2D eigenvalue weighted by Gasteiger charge is -2.04. The average Bonchev–Trinajstić information content (AvgIpc) is 3.17. The van der Waals surface area contributed by atoms with Crippen LogP contribution in [0.1, 0.15) is 10.4 Å². The molecule has 0 spiro atoms. The average molecular weight is 469 g/mol. The van der Waals surface area contributed by atoms with Crippen LogP contribution in [0.5, 0.6) is 0 Å². The van der Waals surface area contributed by atoms with Crippen LogP contribution in [0.3, 0.4) is 0 Å². The Labute approximate surface area is 187 Å². The predicted octanol–water partition coefficient (Wildman–Crippen LogP) is 5.46. The Bertz CT molecular complexity index is 1400. The minimum absolute atomic E-state index is 0.141. The zero-order chi connectivity index (χ0) is 22.9. The number of nitrogens with zero attached hydrogens (tertiary/aromatic N) is 1. The van der Waals surface area contributed by atoms with E-state index in [1.807, 2.05) is 0 Å². The number of aromatic carboxylic acids is 1. The van der Waals surface area contributed by atoms with Crippen LogP contribution in [-0.2, 0) is 9.84 Å². The number of anilines is 2. The number of sulfone groups is 1. The first-order valence-corrected chi connectivity index (χ1v) is 12.1. The van der Waals surface area contributed by atoms with E-state index in [1.165, 1.54) is 47.7 Å². The molecule has 0 bridgehead atoms. The number of hydrogen-bond acceptors (Lipinski definition) is 6. The van der Waals surface area contributed by atoms with Crippen LogP contribution in [0.2, 0.25) is 0 Å². The first-order valence-electron chi connectivity index (χ1n) is 9.38. The van der Waals surface area contributed by atoms with Gasteiger partial charge in [-0.3, -0.25) is 0 Å². The topological polar surface area (TPSA) is 96.4 Å². The molecule has 2 N–H and O–H groups in total. The molecule has 9 heteroatoms. The van der Waals surface area contributed by atoms with Crippen molar-refractivity contribution in [3.63, 3.8) is 0 Å². The Morgan fingerprint density at radius 3 is 2.28 bits per heavy atom. The second-order valence-corrected chi connectivity index (χ2v) is 10.0. The maximum atomic E-state index is 13.4. The van der Waals surface area contributed by atoms with E-state index in [0.29, 0.717) is 22.1 Å². The van der Waals surface area contributed by atoms with Crippen molar-refractivity contribution in [2.24, 2.45) is 0 Å². The van der Waals surface area contributed by atoms with Gasteiger partial charge in [0.1, 0.15) is 5.82 Å². The van der Waals surface area contributed by atoms with Crippen LogP contribution in [0.15, 0.2) is 77.7 Å². The molecule has 0 saturated heterocycles. The third-order valence-corrected chi connectivity index (χ3v) is 6.80. The molecule has 0 fully saturated rings. The molecule has 0 unspecified atom stereocenters. The number of aromatic nitrogens is 1. The summed E-state index contributed by atoms with van der Waals surface area (Å²) in [5.74, 6) is -1.40. The maximum Gasteiger partial charge on any atom is 0.335 e. The molecule has 4 rings (SSSR count). The smallest absolute Gasteiger partial charge is 0.335 e. The van der Waals surface area contributed by atoms with Crippen molar-refractivity contribution in [3.8, 4) is 21.7 Å². The van der Waals surface area contributed by atoms with Gasteiger partial charge in [0.25, 0.3) is 0 Å². The first kappa shape index (κ1) is 21.7. The van der Waals surface area contributed by atoms with Crippen LogP contribution in [-0.4, -0.2) is 30.7 Å². The summed E-state index contributed by atoms with van der Waals surface area (Å²) in [5, 5.41) is 12.8. The summed E-state index contributed by atoms with van der Waals surface area (Å²) >= 11 is 1.32. The van der Waals surface area contributed by atoms with E-state index in [2.05, 4.69) is 10.3 Å². The standard InChI is InChI=1S/C23H17FN2O4S2/c1-32(29,30)19-11-7-15(8-12-19)21-20(14-5-9-17(24)10-6-14)26-23(31-21)25-18-4-2-3-16(13-18)22(27)28/h2-13H,1H3,(H,25,26)(H,27,28). The van der Waals surface area contributed by atoms with Crippen LogP contribution in [0.25, 0.3) is 21.7 Å². The summed E-state index contributed by atoms with van der Waals surface area (Å²) in [6.07, 6.45) is 1.14. The van der Waals surface area contributed by atoms with Crippen molar-refractivity contribution in [2.75, 3.05) is 11.6 Å². The Morgan fingerprint density at radius 1 is 1.00 bits per heavy atom. The van der Waals surface area contributed by atoms with E-state index >= 15 is 0 Å². The number of carboxylic acids is 1. The maximum absolute atomic E-state index is 13.4. The number of hydrogen-bond donors (Lipinski definition) is 2. The zero-order valence-electron chi connectivity index (χ0n) is 16.7. The number of thiazole rings is 1. The highest BCUT2D eigenvalue weighted by Crippen LogP contribution is 2.40. The van der Waals surface area contributed by atoms with E-state index in [4.69, 9.17) is 0 Å². The lowest BCUT2D eigenvalue weighted by atomic mass is 10.1. The monoisotopic (exact) mass is 468 g/mol. The molecule has 0 amide bonds. The fourth-order valence-corrected chi connectivity index (χ4v) is 4.72. The molecule has 0 aliphatic heterocycles. The Morgan fingerprint density at radius 2 is 1.66 bits per heavy atom. The second kappa shape index (κ2) is 8.52. The number of rotatable bonds is 6. The summed E-state index contributed by atoms with van der Waals surface area (Å²) in [7, 11) is -3.33. The molecule has 32 heavy (non-hydrogen) atoms. The minimum atomic E-state index is -3.33. The zero-order valence-corrected chi connectivity index (χ0v) is 18.4. The van der Waals surface area contributed by atoms with Gasteiger partial charge in [-0.2, -0.15) is 0 Å². The SMILES string of the molecule is CS(=O)(=O)c1ccc(-c2sc(Nc3cccc(C(=O)O)c3)nc2-c2ccc(F)cc2)cc1. The Balaban J connectivity index is 1.78. The van der Waals surface area contributed by atoms with Crippen molar-refractivity contribution in [3.05, 3.63) is 84.2 Å². The largest absolute Gasteiger partial charge is 0.478 e. The number of halogens is 1. The van der Waals surface area contributed by atoms with Crippen LogP contribution in [0, 0.1) is 5.82 Å². The summed E-state index contributed by atoms with van der Waals surface area (Å²) < 4.78 is 37.0. The van der Waals surface area contributed by atoms with Crippen molar-refractivity contribution in [1.29, 1.82) is 0 Å². The van der Waals surface area contributed by atoms with Crippen LogP contribution in [0.4, 0.5) is 15.2 Å². The lowest BCUT2D eigenvalue weighted by Crippen LogP contribution is -1.97. The molecule has 3 aromatic carbocycles. The molecule has 4 aromatic rings. The normalized spacial score (nSPS) is 11.3. The highest BCUT2D eigenvalue weighted by molar-refractivity contribution is 7.90. The number of carboxylic acid groups (broad SMARTS) is 1. The first-order chi connectivity index (χ1) is 15.2. The van der Waals surface area contributed by atoms with Gasteiger partial charge >= 0.3 is 5.97 Å². The molecule has 6 nitrogen and oxygen atoms in total. The van der Waals surface area contributed by atoms with Gasteiger partial charge in [0, 0.05) is 17.5 Å². The predicted molar refractivity (Wildman–Crippen MR) is 123 cm³/mol. The van der Waals surface area contributed by atoms with Crippen molar-refractivity contribution in [2.45, 2.75) is 4.90 Å². The number of carbonyl (C=O) groups is 1. The highest BCUT2D eigenvalue weighted by atomic mass is 32.2. The fraction of sp³-hybridized carbons (Fsp3) is 0.0435. The van der Waals surface area contributed by atoms with Gasteiger partial charge < -0.3 is 10.4 Å². The number of benzene rings is 3. The van der Waals surface area contributed by atoms with E-state index < -0.39 is 15.8 Å². The van der Waals surface area contributed by atoms with Gasteiger partial charge in [-0.1, -0.05) is 29.5 Å². The minimum Gasteiger partial charge on any atom is -0.478 e.